The Labute approximate surface area is 129 Å². The summed E-state index contributed by atoms with van der Waals surface area (Å²) in [5, 5.41) is 12.4. The fourth-order valence-electron chi connectivity index (χ4n) is 1.31. The van der Waals surface area contributed by atoms with E-state index in [9.17, 15) is 24.5 Å². The number of amides is 2. The third-order valence-corrected chi connectivity index (χ3v) is 2.55. The lowest BCUT2D eigenvalue weighted by atomic mass is 10.2. The van der Waals surface area contributed by atoms with Gasteiger partial charge in [-0.3, -0.25) is 20.2 Å². The Morgan fingerprint density at radius 3 is 2.59 bits per heavy atom. The van der Waals surface area contributed by atoms with Crippen molar-refractivity contribution < 1.29 is 28.8 Å². The number of carbonyl (C=O) groups excluding carboxylic acids is 3. The van der Waals surface area contributed by atoms with Gasteiger partial charge in [-0.25, -0.2) is 9.59 Å². The molecule has 0 fully saturated rings. The highest BCUT2D eigenvalue weighted by Gasteiger charge is 2.18. The molecule has 0 atom stereocenters. The highest BCUT2D eigenvalue weighted by atomic mass is 35.5. The number of imide groups is 1. The number of hydrogen-bond donors (Lipinski definition) is 1. The van der Waals surface area contributed by atoms with Crippen LogP contribution < -0.4 is 5.32 Å². The summed E-state index contributed by atoms with van der Waals surface area (Å²) in [5.74, 6) is -1.87. The molecule has 118 valence electrons. The van der Waals surface area contributed by atoms with Crippen molar-refractivity contribution in [3.05, 3.63) is 38.9 Å². The van der Waals surface area contributed by atoms with E-state index in [1.54, 1.807) is 6.92 Å². The van der Waals surface area contributed by atoms with Crippen LogP contribution in [0.3, 0.4) is 0 Å². The summed E-state index contributed by atoms with van der Waals surface area (Å²) in [7, 11) is 0. The standard InChI is InChI=1S/C12H11ClN2O7/c1-2-21-12(18)14-10(16)6-22-11(17)7-3-4-8(13)9(5-7)15(19)20/h3-5H,2,6H2,1H3,(H,14,16,18). The predicted octanol–water partition coefficient (Wildman–Crippen LogP) is 1.68. The molecule has 22 heavy (non-hydrogen) atoms. The number of halogens is 1. The van der Waals surface area contributed by atoms with E-state index in [4.69, 9.17) is 11.6 Å². The summed E-state index contributed by atoms with van der Waals surface area (Å²) in [5.41, 5.74) is -0.618. The van der Waals surface area contributed by atoms with Crippen molar-refractivity contribution in [3.8, 4) is 0 Å². The number of alkyl carbamates (subject to hydrolysis) is 1. The number of carbonyl (C=O) groups is 3. The third-order valence-electron chi connectivity index (χ3n) is 2.23. The monoisotopic (exact) mass is 330 g/mol. The minimum atomic E-state index is -0.973. The number of nitrogens with zero attached hydrogens (tertiary/aromatic N) is 1. The van der Waals surface area contributed by atoms with Gasteiger partial charge in [-0.05, 0) is 19.1 Å². The molecule has 9 nitrogen and oxygen atoms in total. The second-order valence-electron chi connectivity index (χ2n) is 3.77. The molecule has 0 unspecified atom stereocenters. The molecular weight excluding hydrogens is 320 g/mol. The number of rotatable bonds is 5. The first-order valence-electron chi connectivity index (χ1n) is 5.92. The largest absolute Gasteiger partial charge is 0.452 e. The summed E-state index contributed by atoms with van der Waals surface area (Å²) < 4.78 is 9.08. The van der Waals surface area contributed by atoms with Crippen LogP contribution in [0.5, 0.6) is 0 Å². The Morgan fingerprint density at radius 1 is 1.32 bits per heavy atom. The molecule has 1 N–H and O–H groups in total. The molecule has 0 saturated carbocycles. The second kappa shape index (κ2) is 7.93. The topological polar surface area (TPSA) is 125 Å². The summed E-state index contributed by atoms with van der Waals surface area (Å²) >= 11 is 5.60. The maximum absolute atomic E-state index is 11.7. The van der Waals surface area contributed by atoms with Gasteiger partial charge in [-0.15, -0.1) is 0 Å². The van der Waals surface area contributed by atoms with Gasteiger partial charge in [0.05, 0.1) is 17.1 Å². The Hall–Kier alpha value is -2.68. The molecular formula is C12H11ClN2O7. The first-order chi connectivity index (χ1) is 10.3. The number of benzene rings is 1. The van der Waals surface area contributed by atoms with Crippen LogP contribution in [0.1, 0.15) is 17.3 Å². The Kier molecular flexibility index (Phi) is 6.26. The number of nitro groups is 1. The molecule has 0 aliphatic heterocycles. The number of nitro benzene ring substituents is 1. The van der Waals surface area contributed by atoms with E-state index in [1.807, 2.05) is 5.32 Å². The van der Waals surface area contributed by atoms with E-state index in [-0.39, 0.29) is 17.2 Å². The predicted molar refractivity (Wildman–Crippen MR) is 73.6 cm³/mol. The van der Waals surface area contributed by atoms with Crippen LogP contribution in [0.25, 0.3) is 0 Å². The van der Waals surface area contributed by atoms with E-state index in [1.165, 1.54) is 6.07 Å². The van der Waals surface area contributed by atoms with Crippen molar-refractivity contribution >= 4 is 35.3 Å². The maximum Gasteiger partial charge on any atom is 0.413 e. The van der Waals surface area contributed by atoms with E-state index < -0.39 is 35.2 Å². The van der Waals surface area contributed by atoms with Crippen LogP contribution in [0.15, 0.2) is 18.2 Å². The first-order valence-corrected chi connectivity index (χ1v) is 6.30. The number of nitrogens with one attached hydrogen (secondary N) is 1. The molecule has 0 spiro atoms. The summed E-state index contributed by atoms with van der Waals surface area (Å²) in [4.78, 5) is 43.8. The second-order valence-corrected chi connectivity index (χ2v) is 4.18. The number of hydrogen-bond acceptors (Lipinski definition) is 7. The Morgan fingerprint density at radius 2 is 2.00 bits per heavy atom. The van der Waals surface area contributed by atoms with Crippen molar-refractivity contribution in [2.24, 2.45) is 0 Å². The smallest absolute Gasteiger partial charge is 0.413 e. The molecule has 1 aromatic rings. The minimum Gasteiger partial charge on any atom is -0.452 e. The molecule has 1 rings (SSSR count). The molecule has 10 heteroatoms. The molecule has 0 aromatic heterocycles. The van der Waals surface area contributed by atoms with E-state index >= 15 is 0 Å². The molecule has 0 heterocycles. The van der Waals surface area contributed by atoms with Gasteiger partial charge in [0.1, 0.15) is 5.02 Å². The lowest BCUT2D eigenvalue weighted by Crippen LogP contribution is -2.34. The van der Waals surface area contributed by atoms with Crippen molar-refractivity contribution in [2.75, 3.05) is 13.2 Å². The maximum atomic E-state index is 11.7. The van der Waals surface area contributed by atoms with Crippen molar-refractivity contribution in [2.45, 2.75) is 6.92 Å². The Bertz CT molecular complexity index is 617. The molecule has 0 radical (unpaired) electrons. The first kappa shape index (κ1) is 17.4. The van der Waals surface area contributed by atoms with E-state index in [0.29, 0.717) is 0 Å². The summed E-state index contributed by atoms with van der Waals surface area (Å²) in [6, 6.07) is 3.30. The van der Waals surface area contributed by atoms with Gasteiger partial charge in [0.15, 0.2) is 6.61 Å². The SMILES string of the molecule is CCOC(=O)NC(=O)COC(=O)c1ccc(Cl)c([N+](=O)[O-])c1. The normalized spacial score (nSPS) is 9.73. The molecule has 0 bridgehead atoms. The highest BCUT2D eigenvalue weighted by molar-refractivity contribution is 6.32. The van der Waals surface area contributed by atoms with Gasteiger partial charge in [0, 0.05) is 6.07 Å². The average Bonchev–Trinajstić information content (AvgIpc) is 2.45. The van der Waals surface area contributed by atoms with E-state index in [2.05, 4.69) is 9.47 Å². The van der Waals surface area contributed by atoms with Crippen LogP contribution in [0, 0.1) is 10.1 Å². The van der Waals surface area contributed by atoms with Gasteiger partial charge in [-0.1, -0.05) is 11.6 Å². The van der Waals surface area contributed by atoms with Gasteiger partial charge >= 0.3 is 12.1 Å². The van der Waals surface area contributed by atoms with Crippen LogP contribution in [-0.4, -0.2) is 36.1 Å². The zero-order valence-corrected chi connectivity index (χ0v) is 12.1. The summed E-state index contributed by atoms with van der Waals surface area (Å²) in [6.07, 6.45) is -0.967. The van der Waals surface area contributed by atoms with Crippen LogP contribution >= 0.6 is 11.6 Å². The van der Waals surface area contributed by atoms with E-state index in [0.717, 1.165) is 12.1 Å². The number of esters is 1. The lowest BCUT2D eigenvalue weighted by Gasteiger charge is -2.06. The molecule has 2 amide bonds. The minimum absolute atomic E-state index is 0.0767. The van der Waals surface area contributed by atoms with Crippen molar-refractivity contribution in [3.63, 3.8) is 0 Å². The van der Waals surface area contributed by atoms with Crippen molar-refractivity contribution in [1.29, 1.82) is 0 Å². The van der Waals surface area contributed by atoms with Crippen molar-refractivity contribution in [1.82, 2.24) is 5.32 Å². The quantitative estimate of drug-likeness (QED) is 0.494. The van der Waals surface area contributed by atoms with Crippen LogP contribution in [0.4, 0.5) is 10.5 Å². The molecule has 0 saturated heterocycles. The molecule has 0 aliphatic carbocycles. The Balaban J connectivity index is 2.63. The zero-order valence-electron chi connectivity index (χ0n) is 11.3. The number of ether oxygens (including phenoxy) is 2. The van der Waals surface area contributed by atoms with Gasteiger partial charge in [0.2, 0.25) is 0 Å². The fourth-order valence-corrected chi connectivity index (χ4v) is 1.50. The van der Waals surface area contributed by atoms with Crippen LogP contribution in [-0.2, 0) is 14.3 Å². The average molecular weight is 331 g/mol. The third kappa shape index (κ3) is 5.02. The van der Waals surface area contributed by atoms with Gasteiger partial charge in [0.25, 0.3) is 11.6 Å². The lowest BCUT2D eigenvalue weighted by molar-refractivity contribution is -0.384. The highest BCUT2D eigenvalue weighted by Crippen LogP contribution is 2.25. The molecule has 1 aromatic carbocycles. The van der Waals surface area contributed by atoms with Gasteiger partial charge < -0.3 is 9.47 Å². The van der Waals surface area contributed by atoms with Gasteiger partial charge in [-0.2, -0.15) is 0 Å². The summed E-state index contributed by atoms with van der Waals surface area (Å²) in [6.45, 7) is 0.888. The molecule has 0 aliphatic rings. The zero-order chi connectivity index (χ0) is 16.7. The van der Waals surface area contributed by atoms with Crippen LogP contribution in [0.2, 0.25) is 5.02 Å². The fraction of sp³-hybridized carbons (Fsp3) is 0.250.